The van der Waals surface area contributed by atoms with E-state index in [1.807, 2.05) is 13.0 Å². The average molecular weight is 451 g/mol. The maximum absolute atomic E-state index is 13.4. The molecule has 1 heterocycles. The topological polar surface area (TPSA) is 123 Å². The first-order chi connectivity index (χ1) is 13.6. The number of nitrogens with two attached hydrogens (primary N) is 2. The van der Waals surface area contributed by atoms with Crippen LogP contribution in [0.1, 0.15) is 37.6 Å². The molecule has 1 aliphatic rings. The number of carbonyl (C=O) groups excluding carboxylic acids is 2. The van der Waals surface area contributed by atoms with Gasteiger partial charge in [0.15, 0.2) is 17.1 Å². The second-order valence-corrected chi connectivity index (χ2v) is 6.73. The summed E-state index contributed by atoms with van der Waals surface area (Å²) < 4.78 is 5.92. The van der Waals surface area contributed by atoms with Crippen LogP contribution in [0.25, 0.3) is 11.0 Å². The Hall–Kier alpha value is -2.58. The average Bonchev–Trinajstić information content (AvgIpc) is 3.09. The molecule has 0 bridgehead atoms. The lowest BCUT2D eigenvalue weighted by atomic mass is 9.81. The second-order valence-electron chi connectivity index (χ2n) is 6.73. The molecule has 9 heteroatoms. The Morgan fingerprint density at radius 3 is 1.90 bits per heavy atom. The standard InChI is InChI=1S/C21H22N4O3.2ClH/c1-11-10-14-17(24-8-6-22)15-16(18(21(14)28-11)25-9-7-23)20(27)13-5-3-2-4-12(13)19(15)26;;/h2-5,10,24-25H,6-9,22-23H2,1H3;2*1H. The summed E-state index contributed by atoms with van der Waals surface area (Å²) in [5, 5.41) is 7.17. The van der Waals surface area contributed by atoms with Gasteiger partial charge >= 0.3 is 0 Å². The van der Waals surface area contributed by atoms with Crippen molar-refractivity contribution in [2.45, 2.75) is 6.92 Å². The maximum Gasteiger partial charge on any atom is 0.196 e. The van der Waals surface area contributed by atoms with Crippen molar-refractivity contribution in [3.8, 4) is 0 Å². The molecular formula is C21H24Cl2N4O3. The number of carbonyl (C=O) groups is 2. The van der Waals surface area contributed by atoms with Crippen LogP contribution in [-0.4, -0.2) is 37.7 Å². The predicted octanol–water partition coefficient (Wildman–Crippen LogP) is 3.10. The summed E-state index contributed by atoms with van der Waals surface area (Å²) in [6.07, 6.45) is 0. The van der Waals surface area contributed by atoms with E-state index in [-0.39, 0.29) is 36.4 Å². The molecule has 3 aromatic rings. The molecule has 0 fully saturated rings. The minimum atomic E-state index is -0.212. The molecule has 7 nitrogen and oxygen atoms in total. The van der Waals surface area contributed by atoms with Crippen molar-refractivity contribution in [2.24, 2.45) is 11.5 Å². The third-order valence-electron chi connectivity index (χ3n) is 4.86. The SMILES string of the molecule is Cc1cc2c(NCCN)c3c(c(NCCN)c2o1)C(=O)c1ccccc1C3=O.Cl.Cl. The first-order valence-corrected chi connectivity index (χ1v) is 9.24. The quantitative estimate of drug-likeness (QED) is 0.332. The third kappa shape index (κ3) is 3.65. The number of nitrogens with one attached hydrogen (secondary N) is 2. The molecule has 0 saturated heterocycles. The van der Waals surface area contributed by atoms with Crippen LogP contribution in [0.5, 0.6) is 0 Å². The lowest BCUT2D eigenvalue weighted by molar-refractivity contribution is 0.0980. The number of ketones is 2. The van der Waals surface area contributed by atoms with Gasteiger partial charge in [-0.2, -0.15) is 0 Å². The van der Waals surface area contributed by atoms with Crippen LogP contribution in [-0.2, 0) is 0 Å². The van der Waals surface area contributed by atoms with Gasteiger partial charge in [0.05, 0.1) is 22.5 Å². The van der Waals surface area contributed by atoms with Crippen molar-refractivity contribution >= 4 is 58.7 Å². The molecule has 0 spiro atoms. The molecule has 0 unspecified atom stereocenters. The van der Waals surface area contributed by atoms with Crippen LogP contribution in [0.4, 0.5) is 11.4 Å². The van der Waals surface area contributed by atoms with Crippen LogP contribution in [0, 0.1) is 6.92 Å². The largest absolute Gasteiger partial charge is 0.459 e. The lowest BCUT2D eigenvalue weighted by Crippen LogP contribution is -2.26. The zero-order chi connectivity index (χ0) is 19.8. The van der Waals surface area contributed by atoms with E-state index in [0.29, 0.717) is 71.2 Å². The Bertz CT molecular complexity index is 1030. The second kappa shape index (κ2) is 9.49. The number of fused-ring (bicyclic) bond motifs is 3. The molecule has 4 rings (SSSR count). The minimum Gasteiger partial charge on any atom is -0.459 e. The summed E-state index contributed by atoms with van der Waals surface area (Å²) in [6.45, 7) is 3.50. The van der Waals surface area contributed by atoms with E-state index in [0.717, 1.165) is 5.39 Å². The first kappa shape index (κ1) is 23.7. The summed E-state index contributed by atoms with van der Waals surface area (Å²) in [5.74, 6) is 0.277. The zero-order valence-corrected chi connectivity index (χ0v) is 18.0. The van der Waals surface area contributed by atoms with Crippen molar-refractivity contribution in [3.63, 3.8) is 0 Å². The number of rotatable bonds is 6. The lowest BCUT2D eigenvalue weighted by Gasteiger charge is -2.24. The monoisotopic (exact) mass is 450 g/mol. The number of halogens is 2. The minimum absolute atomic E-state index is 0. The fourth-order valence-electron chi connectivity index (χ4n) is 3.73. The van der Waals surface area contributed by atoms with Gasteiger partial charge in [-0.25, -0.2) is 0 Å². The molecule has 0 amide bonds. The van der Waals surface area contributed by atoms with Gasteiger partial charge in [-0.3, -0.25) is 9.59 Å². The summed E-state index contributed by atoms with van der Waals surface area (Å²) in [5.41, 5.74) is 14.4. The highest BCUT2D eigenvalue weighted by atomic mass is 35.5. The summed E-state index contributed by atoms with van der Waals surface area (Å²) in [4.78, 5) is 26.8. The molecule has 30 heavy (non-hydrogen) atoms. The summed E-state index contributed by atoms with van der Waals surface area (Å²) in [7, 11) is 0. The highest BCUT2D eigenvalue weighted by Gasteiger charge is 2.36. The van der Waals surface area contributed by atoms with Crippen LogP contribution in [0.2, 0.25) is 0 Å². The molecule has 0 atom stereocenters. The highest BCUT2D eigenvalue weighted by molar-refractivity contribution is 6.34. The van der Waals surface area contributed by atoms with E-state index in [4.69, 9.17) is 15.9 Å². The van der Waals surface area contributed by atoms with Gasteiger partial charge in [0.25, 0.3) is 0 Å². The van der Waals surface area contributed by atoms with Gasteiger partial charge < -0.3 is 26.5 Å². The normalized spacial score (nSPS) is 12.0. The first-order valence-electron chi connectivity index (χ1n) is 9.24. The summed E-state index contributed by atoms with van der Waals surface area (Å²) >= 11 is 0. The molecule has 6 N–H and O–H groups in total. The number of anilines is 2. The fraction of sp³-hybridized carbons (Fsp3) is 0.238. The molecule has 0 saturated carbocycles. The predicted molar refractivity (Wildman–Crippen MR) is 124 cm³/mol. The van der Waals surface area contributed by atoms with E-state index >= 15 is 0 Å². The van der Waals surface area contributed by atoms with Crippen molar-refractivity contribution < 1.29 is 14.0 Å². The van der Waals surface area contributed by atoms with Crippen molar-refractivity contribution in [2.75, 3.05) is 36.8 Å². The Kier molecular flexibility index (Phi) is 7.49. The smallest absolute Gasteiger partial charge is 0.196 e. The Morgan fingerprint density at radius 2 is 1.37 bits per heavy atom. The number of furan rings is 1. The zero-order valence-electron chi connectivity index (χ0n) is 16.4. The van der Waals surface area contributed by atoms with Crippen molar-refractivity contribution in [3.05, 3.63) is 58.3 Å². The van der Waals surface area contributed by atoms with Gasteiger partial charge in [0.2, 0.25) is 0 Å². The van der Waals surface area contributed by atoms with E-state index < -0.39 is 0 Å². The molecule has 0 aliphatic heterocycles. The van der Waals surface area contributed by atoms with Crippen LogP contribution in [0.15, 0.2) is 34.7 Å². The summed E-state index contributed by atoms with van der Waals surface area (Å²) in [6, 6.07) is 8.74. The van der Waals surface area contributed by atoms with Crippen LogP contribution >= 0.6 is 24.8 Å². The molecule has 160 valence electrons. The number of hydrogen-bond acceptors (Lipinski definition) is 7. The van der Waals surface area contributed by atoms with E-state index in [1.165, 1.54) is 0 Å². The van der Waals surface area contributed by atoms with Crippen LogP contribution in [0.3, 0.4) is 0 Å². The van der Waals surface area contributed by atoms with Crippen molar-refractivity contribution in [1.29, 1.82) is 0 Å². The molecule has 2 aromatic carbocycles. The molecule has 1 aliphatic carbocycles. The highest BCUT2D eigenvalue weighted by Crippen LogP contribution is 2.44. The van der Waals surface area contributed by atoms with Crippen LogP contribution < -0.4 is 22.1 Å². The Labute approximate surface area is 186 Å². The number of hydrogen-bond donors (Lipinski definition) is 4. The Morgan fingerprint density at radius 1 is 0.867 bits per heavy atom. The molecular weight excluding hydrogens is 427 g/mol. The van der Waals surface area contributed by atoms with Gasteiger partial charge in [0.1, 0.15) is 5.76 Å². The number of aryl methyl sites for hydroxylation is 1. The van der Waals surface area contributed by atoms with E-state index in [2.05, 4.69) is 10.6 Å². The number of benzene rings is 2. The van der Waals surface area contributed by atoms with E-state index in [1.54, 1.807) is 24.3 Å². The van der Waals surface area contributed by atoms with Gasteiger partial charge in [-0.1, -0.05) is 24.3 Å². The molecule has 1 aromatic heterocycles. The van der Waals surface area contributed by atoms with Crippen molar-refractivity contribution in [1.82, 2.24) is 0 Å². The Balaban J connectivity index is 0.00000160. The third-order valence-corrected chi connectivity index (χ3v) is 4.86. The van der Waals surface area contributed by atoms with E-state index in [9.17, 15) is 9.59 Å². The fourth-order valence-corrected chi connectivity index (χ4v) is 3.73. The maximum atomic E-state index is 13.4. The van der Waals surface area contributed by atoms with Gasteiger partial charge in [-0.15, -0.1) is 24.8 Å². The van der Waals surface area contributed by atoms with Gasteiger partial charge in [-0.05, 0) is 13.0 Å². The molecule has 0 radical (unpaired) electrons. The van der Waals surface area contributed by atoms with Gasteiger partial charge in [0, 0.05) is 42.7 Å².